The molecule has 1 fully saturated rings. The first kappa shape index (κ1) is 18.7. The predicted molar refractivity (Wildman–Crippen MR) is 83.4 cm³/mol. The molecule has 3 N–H and O–H groups in total. The van der Waals surface area contributed by atoms with E-state index in [-0.39, 0.29) is 30.3 Å². The zero-order valence-electron chi connectivity index (χ0n) is 13.2. The summed E-state index contributed by atoms with van der Waals surface area (Å²) in [4.78, 5) is 12.0. The number of amides is 1. The summed E-state index contributed by atoms with van der Waals surface area (Å²) in [6, 6.07) is -0.126. The van der Waals surface area contributed by atoms with E-state index in [0.29, 0.717) is 10.8 Å². The molecule has 4 heteroatoms. The van der Waals surface area contributed by atoms with Crippen molar-refractivity contribution in [2.45, 2.75) is 72.9 Å². The highest BCUT2D eigenvalue weighted by molar-refractivity contribution is 5.85. The van der Waals surface area contributed by atoms with Crippen LogP contribution in [0.2, 0.25) is 0 Å². The summed E-state index contributed by atoms with van der Waals surface area (Å²) < 4.78 is 0. The first-order valence-electron chi connectivity index (χ1n) is 7.08. The maximum Gasteiger partial charge on any atom is 0.237 e. The Morgan fingerprint density at radius 1 is 1.16 bits per heavy atom. The van der Waals surface area contributed by atoms with Crippen LogP contribution in [0.25, 0.3) is 0 Å². The fraction of sp³-hybridized carbons (Fsp3) is 0.933. The van der Waals surface area contributed by atoms with Crippen molar-refractivity contribution in [1.82, 2.24) is 5.32 Å². The molecule has 114 valence electrons. The van der Waals surface area contributed by atoms with Crippen molar-refractivity contribution >= 4 is 18.3 Å². The maximum atomic E-state index is 12.0. The molecule has 1 atom stereocenters. The first-order valence-corrected chi connectivity index (χ1v) is 7.08. The molecule has 0 aromatic carbocycles. The van der Waals surface area contributed by atoms with E-state index in [1.165, 1.54) is 6.42 Å². The van der Waals surface area contributed by atoms with Gasteiger partial charge in [0.05, 0.1) is 6.04 Å². The molecule has 19 heavy (non-hydrogen) atoms. The highest BCUT2D eigenvalue weighted by Crippen LogP contribution is 2.45. The van der Waals surface area contributed by atoms with Crippen LogP contribution in [-0.2, 0) is 4.79 Å². The van der Waals surface area contributed by atoms with Gasteiger partial charge in [0.2, 0.25) is 5.91 Å². The van der Waals surface area contributed by atoms with Gasteiger partial charge in [-0.2, -0.15) is 0 Å². The lowest BCUT2D eigenvalue weighted by Crippen LogP contribution is -2.52. The second kappa shape index (κ2) is 6.45. The van der Waals surface area contributed by atoms with Crippen molar-refractivity contribution in [2.24, 2.45) is 22.5 Å². The summed E-state index contributed by atoms with van der Waals surface area (Å²) in [5.41, 5.74) is 6.49. The molecule has 0 bridgehead atoms. The van der Waals surface area contributed by atoms with Gasteiger partial charge in [0.25, 0.3) is 0 Å². The number of nitrogens with one attached hydrogen (secondary N) is 1. The zero-order chi connectivity index (χ0) is 14.1. The van der Waals surface area contributed by atoms with Gasteiger partial charge < -0.3 is 11.1 Å². The largest absolute Gasteiger partial charge is 0.352 e. The van der Waals surface area contributed by atoms with E-state index in [4.69, 9.17) is 5.73 Å². The zero-order valence-corrected chi connectivity index (χ0v) is 14.1. The minimum atomic E-state index is -0.391. The molecule has 1 amide bonds. The third-order valence-corrected chi connectivity index (χ3v) is 3.92. The summed E-state index contributed by atoms with van der Waals surface area (Å²) in [5.74, 6) is 0.193. The molecule has 0 radical (unpaired) electrons. The summed E-state index contributed by atoms with van der Waals surface area (Å²) in [5, 5.41) is 3.15. The first-order chi connectivity index (χ1) is 8.02. The topological polar surface area (TPSA) is 55.1 Å². The Morgan fingerprint density at radius 2 is 1.58 bits per heavy atom. The minimum absolute atomic E-state index is 0. The second-order valence-electron chi connectivity index (χ2n) is 7.89. The smallest absolute Gasteiger partial charge is 0.237 e. The van der Waals surface area contributed by atoms with Gasteiger partial charge in [0.1, 0.15) is 0 Å². The molecular weight excluding hydrogens is 260 g/mol. The van der Waals surface area contributed by atoms with Crippen LogP contribution < -0.4 is 11.1 Å². The molecule has 1 aliphatic carbocycles. The van der Waals surface area contributed by atoms with Crippen molar-refractivity contribution in [3.63, 3.8) is 0 Å². The number of hydrogen-bond donors (Lipinski definition) is 2. The van der Waals surface area contributed by atoms with Crippen LogP contribution in [-0.4, -0.2) is 18.0 Å². The molecule has 0 aromatic heterocycles. The fourth-order valence-electron chi connectivity index (χ4n) is 3.55. The number of rotatable bonds is 3. The summed E-state index contributed by atoms with van der Waals surface area (Å²) >= 11 is 0. The van der Waals surface area contributed by atoms with E-state index in [2.05, 4.69) is 33.0 Å². The SMILES string of the molecule is CC(C)[C@H](N)C(=O)NC1CC(C)(C)CC(C)(C)C1.Cl. The Morgan fingerprint density at radius 3 is 1.95 bits per heavy atom. The lowest BCUT2D eigenvalue weighted by atomic mass is 9.63. The standard InChI is InChI=1S/C15H30N2O.ClH/c1-10(2)12(16)13(18)17-11-7-14(3,4)9-15(5,6)8-11;/h10-12H,7-9,16H2,1-6H3,(H,17,18);1H/t12-;/m0./s1. The van der Waals surface area contributed by atoms with E-state index in [1.54, 1.807) is 0 Å². The Hall–Kier alpha value is -0.280. The molecule has 0 heterocycles. The molecule has 1 aliphatic rings. The Labute approximate surface area is 124 Å². The quantitative estimate of drug-likeness (QED) is 0.839. The van der Waals surface area contributed by atoms with Crippen LogP contribution in [0.15, 0.2) is 0 Å². The molecular formula is C15H31ClN2O. The van der Waals surface area contributed by atoms with Crippen molar-refractivity contribution < 1.29 is 4.79 Å². The lowest BCUT2D eigenvalue weighted by molar-refractivity contribution is -0.124. The highest BCUT2D eigenvalue weighted by Gasteiger charge is 2.39. The van der Waals surface area contributed by atoms with Crippen LogP contribution in [0, 0.1) is 16.7 Å². The van der Waals surface area contributed by atoms with Crippen molar-refractivity contribution in [3.05, 3.63) is 0 Å². The van der Waals surface area contributed by atoms with Crippen molar-refractivity contribution in [2.75, 3.05) is 0 Å². The summed E-state index contributed by atoms with van der Waals surface area (Å²) in [6.07, 6.45) is 3.31. The molecule has 1 rings (SSSR count). The van der Waals surface area contributed by atoms with Crippen LogP contribution in [0.5, 0.6) is 0 Å². The van der Waals surface area contributed by atoms with E-state index in [0.717, 1.165) is 12.8 Å². The van der Waals surface area contributed by atoms with Crippen molar-refractivity contribution in [3.8, 4) is 0 Å². The normalized spacial score (nSPS) is 23.6. The van der Waals surface area contributed by atoms with Gasteiger partial charge in [-0.1, -0.05) is 41.5 Å². The van der Waals surface area contributed by atoms with Gasteiger partial charge in [-0.15, -0.1) is 12.4 Å². The number of carbonyl (C=O) groups excluding carboxylic acids is 1. The molecule has 0 spiro atoms. The van der Waals surface area contributed by atoms with Gasteiger partial charge in [0.15, 0.2) is 0 Å². The van der Waals surface area contributed by atoms with E-state index in [1.807, 2.05) is 13.8 Å². The molecule has 1 saturated carbocycles. The van der Waals surface area contributed by atoms with Crippen molar-refractivity contribution in [1.29, 1.82) is 0 Å². The van der Waals surface area contributed by atoms with Gasteiger partial charge in [-0.3, -0.25) is 4.79 Å². The number of carbonyl (C=O) groups is 1. The van der Waals surface area contributed by atoms with Crippen LogP contribution in [0.3, 0.4) is 0 Å². The Bertz CT molecular complexity index is 297. The van der Waals surface area contributed by atoms with Gasteiger partial charge >= 0.3 is 0 Å². The third-order valence-electron chi connectivity index (χ3n) is 3.92. The molecule has 0 unspecified atom stereocenters. The summed E-state index contributed by atoms with van der Waals surface area (Å²) in [7, 11) is 0. The van der Waals surface area contributed by atoms with Crippen LogP contribution in [0.4, 0.5) is 0 Å². The maximum absolute atomic E-state index is 12.0. The molecule has 0 aliphatic heterocycles. The minimum Gasteiger partial charge on any atom is -0.352 e. The molecule has 0 aromatic rings. The average molecular weight is 291 g/mol. The van der Waals surface area contributed by atoms with Crippen LogP contribution >= 0.6 is 12.4 Å². The third kappa shape index (κ3) is 5.70. The number of halogens is 1. The second-order valence-corrected chi connectivity index (χ2v) is 7.89. The lowest BCUT2D eigenvalue weighted by Gasteiger charge is -2.45. The van der Waals surface area contributed by atoms with E-state index in [9.17, 15) is 4.79 Å². The predicted octanol–water partition coefficient (Wildman–Crippen LogP) is 3.11. The van der Waals surface area contributed by atoms with Crippen LogP contribution in [0.1, 0.15) is 60.8 Å². The van der Waals surface area contributed by atoms with Gasteiger partial charge in [0, 0.05) is 6.04 Å². The Kier molecular flexibility index (Phi) is 6.35. The molecule has 0 saturated heterocycles. The fourth-order valence-corrected chi connectivity index (χ4v) is 3.55. The highest BCUT2D eigenvalue weighted by atomic mass is 35.5. The van der Waals surface area contributed by atoms with E-state index >= 15 is 0 Å². The number of nitrogens with two attached hydrogens (primary N) is 1. The summed E-state index contributed by atoms with van der Waals surface area (Å²) in [6.45, 7) is 13.1. The average Bonchev–Trinajstić information content (AvgIpc) is 2.10. The van der Waals surface area contributed by atoms with E-state index < -0.39 is 6.04 Å². The molecule has 3 nitrogen and oxygen atoms in total. The van der Waals surface area contributed by atoms with Gasteiger partial charge in [-0.25, -0.2) is 0 Å². The Balaban J connectivity index is 0.00000324. The number of hydrogen-bond acceptors (Lipinski definition) is 2. The van der Waals surface area contributed by atoms with Gasteiger partial charge in [-0.05, 0) is 36.0 Å². The monoisotopic (exact) mass is 290 g/mol.